The second-order valence-electron chi connectivity index (χ2n) is 4.51. The molecule has 1 aromatic rings. The van der Waals surface area contributed by atoms with Crippen molar-refractivity contribution in [1.29, 1.82) is 0 Å². The molecule has 0 bridgehead atoms. The van der Waals surface area contributed by atoms with Crippen molar-refractivity contribution in [3.05, 3.63) is 59.0 Å². The summed E-state index contributed by atoms with van der Waals surface area (Å²) in [6, 6.07) is 10.8. The van der Waals surface area contributed by atoms with E-state index in [2.05, 4.69) is 64.1 Å². The summed E-state index contributed by atoms with van der Waals surface area (Å²) >= 11 is 5.32. The van der Waals surface area contributed by atoms with E-state index in [1.807, 2.05) is 11.8 Å². The monoisotopic (exact) mass is 306 g/mol. The molecule has 2 atom stereocenters. The molecule has 0 amide bonds. The molecule has 17 heavy (non-hydrogen) atoms. The second-order valence-corrected chi connectivity index (χ2v) is 6.79. The van der Waals surface area contributed by atoms with E-state index in [1.54, 1.807) is 4.91 Å². The van der Waals surface area contributed by atoms with Gasteiger partial charge in [-0.05, 0) is 0 Å². The summed E-state index contributed by atoms with van der Waals surface area (Å²) in [7, 11) is 0. The van der Waals surface area contributed by atoms with Gasteiger partial charge < -0.3 is 0 Å². The second kappa shape index (κ2) is 4.97. The van der Waals surface area contributed by atoms with Gasteiger partial charge in [-0.1, -0.05) is 0 Å². The first-order chi connectivity index (χ1) is 8.34. The zero-order chi connectivity index (χ0) is 11.7. The third kappa shape index (κ3) is 2.35. The van der Waals surface area contributed by atoms with Crippen molar-refractivity contribution in [3.8, 4) is 0 Å². The van der Waals surface area contributed by atoms with Crippen LogP contribution in [0.5, 0.6) is 0 Å². The molecule has 3 rings (SSSR count). The summed E-state index contributed by atoms with van der Waals surface area (Å²) in [5.74, 6) is 0.723. The van der Waals surface area contributed by atoms with E-state index in [4.69, 9.17) is 0 Å². The average molecular weight is 305 g/mol. The van der Waals surface area contributed by atoms with Crippen LogP contribution < -0.4 is 0 Å². The summed E-state index contributed by atoms with van der Waals surface area (Å²) in [4.78, 5) is 1.56. The van der Waals surface area contributed by atoms with E-state index in [1.165, 1.54) is 22.8 Å². The van der Waals surface area contributed by atoms with E-state index in [0.29, 0.717) is 5.25 Å². The molecule has 0 radical (unpaired) electrons. The Morgan fingerprint density at radius 3 is 2.82 bits per heavy atom. The number of fused-ring (bicyclic) bond motifs is 1. The van der Waals surface area contributed by atoms with E-state index < -0.39 is 0 Å². The molecule has 0 nitrogen and oxygen atoms in total. The van der Waals surface area contributed by atoms with Crippen LogP contribution in [0.2, 0.25) is 0 Å². The fraction of sp³-hybridized carbons (Fsp3) is 0.267. The molecule has 0 saturated carbocycles. The van der Waals surface area contributed by atoms with Crippen molar-refractivity contribution in [2.45, 2.75) is 18.1 Å². The molecular weight excluding hydrogens is 291 g/mol. The zero-order valence-electron chi connectivity index (χ0n) is 9.50. The minimum absolute atomic E-state index is 0.505. The van der Waals surface area contributed by atoms with Crippen molar-refractivity contribution in [2.24, 2.45) is 5.92 Å². The van der Waals surface area contributed by atoms with Gasteiger partial charge in [0.15, 0.2) is 0 Å². The standard InChI is InChI=1S/C15H14SSe/c17-14-10-12-8-4-5-9-13(12)16-15(14)11-6-2-1-3-7-11/h1-7,9,12,15H,8,10H2. The van der Waals surface area contributed by atoms with Gasteiger partial charge in [-0.15, -0.1) is 0 Å². The van der Waals surface area contributed by atoms with Gasteiger partial charge in [-0.3, -0.25) is 0 Å². The predicted molar refractivity (Wildman–Crippen MR) is 77.5 cm³/mol. The molecule has 2 unspecified atom stereocenters. The summed E-state index contributed by atoms with van der Waals surface area (Å²) in [5.41, 5.74) is 1.42. The quantitative estimate of drug-likeness (QED) is 0.714. The molecule has 1 aliphatic carbocycles. The summed E-state index contributed by atoms with van der Waals surface area (Å²) in [6.45, 7) is 0. The Morgan fingerprint density at radius 2 is 2.00 bits per heavy atom. The number of benzene rings is 1. The van der Waals surface area contributed by atoms with Gasteiger partial charge in [0.25, 0.3) is 0 Å². The van der Waals surface area contributed by atoms with Crippen molar-refractivity contribution in [1.82, 2.24) is 0 Å². The van der Waals surface area contributed by atoms with Crippen LogP contribution in [0.25, 0.3) is 0 Å². The number of hydrogen-bond donors (Lipinski definition) is 0. The van der Waals surface area contributed by atoms with Crippen LogP contribution in [0.4, 0.5) is 0 Å². The van der Waals surface area contributed by atoms with Crippen LogP contribution in [-0.4, -0.2) is 20.0 Å². The van der Waals surface area contributed by atoms with Crippen LogP contribution in [0.3, 0.4) is 0 Å². The number of hydrogen-bond acceptors (Lipinski definition) is 1. The van der Waals surface area contributed by atoms with Gasteiger partial charge in [0.1, 0.15) is 0 Å². The topological polar surface area (TPSA) is 0 Å². The van der Waals surface area contributed by atoms with Crippen LogP contribution >= 0.6 is 11.8 Å². The van der Waals surface area contributed by atoms with Crippen molar-refractivity contribution >= 4 is 31.8 Å². The molecule has 0 N–H and O–H groups in total. The maximum absolute atomic E-state index is 3.31. The predicted octanol–water partition coefficient (Wildman–Crippen LogP) is 3.67. The fourth-order valence-corrected chi connectivity index (χ4v) is 4.74. The Kier molecular flexibility index (Phi) is 3.37. The number of thioether (sulfide) groups is 1. The molecule has 1 saturated heterocycles. The van der Waals surface area contributed by atoms with E-state index in [9.17, 15) is 0 Å². The molecule has 86 valence electrons. The third-order valence-electron chi connectivity index (χ3n) is 3.32. The van der Waals surface area contributed by atoms with E-state index >= 15 is 0 Å². The van der Waals surface area contributed by atoms with Crippen LogP contribution in [0.1, 0.15) is 23.7 Å². The van der Waals surface area contributed by atoms with Gasteiger partial charge in [-0.25, -0.2) is 0 Å². The van der Waals surface area contributed by atoms with Gasteiger partial charge in [0.2, 0.25) is 0 Å². The Morgan fingerprint density at radius 1 is 1.18 bits per heavy atom. The van der Waals surface area contributed by atoms with Crippen LogP contribution in [0.15, 0.2) is 53.5 Å². The average Bonchev–Trinajstić information content (AvgIpc) is 2.39. The summed E-state index contributed by atoms with van der Waals surface area (Å²) < 4.78 is 1.50. The first-order valence-corrected chi connectivity index (χ1v) is 7.69. The Balaban J connectivity index is 1.89. The van der Waals surface area contributed by atoms with Crippen molar-refractivity contribution < 1.29 is 0 Å². The number of rotatable bonds is 1. The zero-order valence-corrected chi connectivity index (χ0v) is 12.0. The van der Waals surface area contributed by atoms with Crippen molar-refractivity contribution in [2.75, 3.05) is 0 Å². The SMILES string of the molecule is [Se]=C1CC2CC=CC=C2SC1c1ccccc1. The van der Waals surface area contributed by atoms with E-state index in [0.717, 1.165) is 5.92 Å². The first-order valence-electron chi connectivity index (χ1n) is 5.95. The Bertz CT molecular complexity index is 487. The molecular formula is C15H14SSe. The molecule has 1 fully saturated rings. The van der Waals surface area contributed by atoms with Crippen LogP contribution in [-0.2, 0) is 0 Å². The maximum atomic E-state index is 3.31. The van der Waals surface area contributed by atoms with Gasteiger partial charge >= 0.3 is 115 Å². The fourth-order valence-electron chi connectivity index (χ4n) is 2.41. The molecule has 1 aliphatic heterocycles. The molecule has 0 spiro atoms. The van der Waals surface area contributed by atoms with Gasteiger partial charge in [0.05, 0.1) is 0 Å². The molecule has 1 aromatic carbocycles. The summed E-state index contributed by atoms with van der Waals surface area (Å²) in [5, 5.41) is 0.505. The number of allylic oxidation sites excluding steroid dienone is 4. The molecule has 2 heteroatoms. The van der Waals surface area contributed by atoms with Gasteiger partial charge in [0, 0.05) is 0 Å². The van der Waals surface area contributed by atoms with E-state index in [-0.39, 0.29) is 0 Å². The molecule has 0 aromatic heterocycles. The normalized spacial score (nSPS) is 27.5. The first kappa shape index (κ1) is 11.5. The van der Waals surface area contributed by atoms with Gasteiger partial charge in [-0.2, -0.15) is 0 Å². The Labute approximate surface area is 115 Å². The minimum atomic E-state index is 0.505. The Hall–Kier alpha value is -0.561. The summed E-state index contributed by atoms with van der Waals surface area (Å²) in [6.07, 6.45) is 9.17. The van der Waals surface area contributed by atoms with Crippen LogP contribution in [0, 0.1) is 5.92 Å². The molecule has 2 aliphatic rings. The molecule has 1 heterocycles. The van der Waals surface area contributed by atoms with Crippen molar-refractivity contribution in [3.63, 3.8) is 0 Å². The third-order valence-corrected chi connectivity index (χ3v) is 6.03.